The highest BCUT2D eigenvalue weighted by atomic mass is 35.5. The van der Waals surface area contributed by atoms with Gasteiger partial charge in [0.05, 0.1) is 19.4 Å². The second-order valence-corrected chi connectivity index (χ2v) is 5.66. The maximum atomic E-state index is 12.5. The van der Waals surface area contributed by atoms with Crippen molar-refractivity contribution < 1.29 is 19.1 Å². The van der Waals surface area contributed by atoms with Gasteiger partial charge in [0.2, 0.25) is 11.8 Å². The van der Waals surface area contributed by atoms with Crippen molar-refractivity contribution in [2.75, 3.05) is 26.2 Å². The van der Waals surface area contributed by atoms with Gasteiger partial charge in [-0.2, -0.15) is 0 Å². The van der Waals surface area contributed by atoms with Crippen LogP contribution in [0, 0.1) is 0 Å². The number of nitrogens with zero attached hydrogens (tertiary/aromatic N) is 1. The van der Waals surface area contributed by atoms with E-state index < -0.39 is 0 Å². The molecule has 7 heteroatoms. The number of benzene rings is 1. The minimum absolute atomic E-state index is 0.119. The normalized spacial score (nSPS) is 10.1. The molecule has 0 heterocycles. The molecule has 0 aliphatic heterocycles. The molecule has 0 aliphatic rings. The third-order valence-electron chi connectivity index (χ3n) is 3.27. The first-order valence-electron chi connectivity index (χ1n) is 7.84. The second kappa shape index (κ2) is 10.6. The molecule has 0 atom stereocenters. The Bertz CT molecular complexity index is 560. The van der Waals surface area contributed by atoms with Gasteiger partial charge in [-0.25, -0.2) is 0 Å². The smallest absolute Gasteiger partial charge is 0.307 e. The molecule has 0 radical (unpaired) electrons. The summed E-state index contributed by atoms with van der Waals surface area (Å²) in [6, 6.07) is 7.03. The second-order valence-electron chi connectivity index (χ2n) is 5.22. The average molecular weight is 355 g/mol. The minimum Gasteiger partial charge on any atom is -0.466 e. The van der Waals surface area contributed by atoms with E-state index >= 15 is 0 Å². The molecule has 6 nitrogen and oxygen atoms in total. The first-order chi connectivity index (χ1) is 11.4. The van der Waals surface area contributed by atoms with E-state index in [1.807, 2.05) is 0 Å². The molecular weight excluding hydrogens is 332 g/mol. The van der Waals surface area contributed by atoms with Gasteiger partial charge in [0.15, 0.2) is 0 Å². The summed E-state index contributed by atoms with van der Waals surface area (Å²) in [5.41, 5.74) is 0.838. The number of carbonyl (C=O) groups is 3. The van der Waals surface area contributed by atoms with Crippen molar-refractivity contribution in [3.63, 3.8) is 0 Å². The van der Waals surface area contributed by atoms with Crippen molar-refractivity contribution in [1.82, 2.24) is 10.2 Å². The number of esters is 1. The molecular formula is C17H23ClN2O4. The Labute approximate surface area is 147 Å². The lowest BCUT2D eigenvalue weighted by atomic mass is 10.1. The van der Waals surface area contributed by atoms with Crippen LogP contribution in [-0.4, -0.2) is 48.9 Å². The monoisotopic (exact) mass is 354 g/mol. The van der Waals surface area contributed by atoms with E-state index in [9.17, 15) is 14.4 Å². The molecule has 0 unspecified atom stereocenters. The van der Waals surface area contributed by atoms with Crippen LogP contribution in [0.3, 0.4) is 0 Å². The summed E-state index contributed by atoms with van der Waals surface area (Å²) in [5, 5.41) is 3.26. The van der Waals surface area contributed by atoms with E-state index in [2.05, 4.69) is 5.32 Å². The van der Waals surface area contributed by atoms with Gasteiger partial charge in [-0.05, 0) is 24.6 Å². The summed E-state index contributed by atoms with van der Waals surface area (Å²) in [7, 11) is 0. The topological polar surface area (TPSA) is 75.7 Å². The van der Waals surface area contributed by atoms with Gasteiger partial charge in [-0.15, -0.1) is 0 Å². The van der Waals surface area contributed by atoms with Gasteiger partial charge < -0.3 is 15.0 Å². The lowest BCUT2D eigenvalue weighted by Gasteiger charge is -2.22. The molecule has 1 aromatic rings. The first-order valence-corrected chi connectivity index (χ1v) is 8.22. The zero-order valence-corrected chi connectivity index (χ0v) is 14.8. The Hall–Kier alpha value is -2.08. The van der Waals surface area contributed by atoms with E-state index in [0.29, 0.717) is 24.7 Å². The number of hydrogen-bond donors (Lipinski definition) is 1. The Balaban J connectivity index is 2.62. The van der Waals surface area contributed by atoms with Crippen LogP contribution < -0.4 is 5.32 Å². The molecule has 1 aromatic carbocycles. The molecule has 0 aliphatic carbocycles. The fourth-order valence-corrected chi connectivity index (χ4v) is 2.20. The van der Waals surface area contributed by atoms with Crippen LogP contribution in [0.1, 0.15) is 25.8 Å². The van der Waals surface area contributed by atoms with E-state index in [1.165, 1.54) is 6.92 Å². The molecule has 0 spiro atoms. The molecule has 0 saturated carbocycles. The van der Waals surface area contributed by atoms with E-state index in [-0.39, 0.29) is 37.2 Å². The van der Waals surface area contributed by atoms with Gasteiger partial charge in [0.1, 0.15) is 0 Å². The standard InChI is InChI=1S/C17H23ClN2O4/c1-3-24-17(23)8-10-20(11-9-19-13(2)21)16(22)12-14-4-6-15(18)7-5-14/h4-7H,3,8-12H2,1-2H3,(H,19,21). The van der Waals surface area contributed by atoms with Gasteiger partial charge in [-0.1, -0.05) is 23.7 Å². The van der Waals surface area contributed by atoms with Crippen LogP contribution >= 0.6 is 11.6 Å². The molecule has 0 fully saturated rings. The highest BCUT2D eigenvalue weighted by Gasteiger charge is 2.16. The highest BCUT2D eigenvalue weighted by molar-refractivity contribution is 6.30. The SMILES string of the molecule is CCOC(=O)CCN(CCNC(C)=O)C(=O)Cc1ccc(Cl)cc1. The van der Waals surface area contributed by atoms with Crippen molar-refractivity contribution in [2.45, 2.75) is 26.7 Å². The summed E-state index contributed by atoms with van der Waals surface area (Å²) < 4.78 is 4.88. The third-order valence-corrected chi connectivity index (χ3v) is 3.52. The largest absolute Gasteiger partial charge is 0.466 e. The van der Waals surface area contributed by atoms with Gasteiger partial charge in [-0.3, -0.25) is 14.4 Å². The number of nitrogens with one attached hydrogen (secondary N) is 1. The molecule has 1 rings (SSSR count). The molecule has 0 saturated heterocycles. The van der Waals surface area contributed by atoms with Gasteiger partial charge in [0, 0.05) is 31.6 Å². The number of amides is 2. The highest BCUT2D eigenvalue weighted by Crippen LogP contribution is 2.11. The Morgan fingerprint density at radius 2 is 1.83 bits per heavy atom. The van der Waals surface area contributed by atoms with Crippen LogP contribution in [0.5, 0.6) is 0 Å². The van der Waals surface area contributed by atoms with Crippen LogP contribution in [0.25, 0.3) is 0 Å². The molecule has 1 N–H and O–H groups in total. The lowest BCUT2D eigenvalue weighted by Crippen LogP contribution is -2.40. The lowest BCUT2D eigenvalue weighted by molar-refractivity contribution is -0.144. The molecule has 24 heavy (non-hydrogen) atoms. The predicted octanol–water partition coefficient (Wildman–Crippen LogP) is 1.80. The fraction of sp³-hybridized carbons (Fsp3) is 0.471. The van der Waals surface area contributed by atoms with E-state index in [4.69, 9.17) is 16.3 Å². The quantitative estimate of drug-likeness (QED) is 0.686. The summed E-state index contributed by atoms with van der Waals surface area (Å²) >= 11 is 5.84. The van der Waals surface area contributed by atoms with Crippen LogP contribution in [0.15, 0.2) is 24.3 Å². The number of halogens is 1. The minimum atomic E-state index is -0.346. The Morgan fingerprint density at radius 3 is 2.42 bits per heavy atom. The van der Waals surface area contributed by atoms with E-state index in [1.54, 1.807) is 36.1 Å². The zero-order chi connectivity index (χ0) is 17.9. The van der Waals surface area contributed by atoms with Gasteiger partial charge >= 0.3 is 5.97 Å². The van der Waals surface area contributed by atoms with Crippen molar-refractivity contribution in [3.05, 3.63) is 34.9 Å². The van der Waals surface area contributed by atoms with Gasteiger partial charge in [0.25, 0.3) is 0 Å². The summed E-state index contributed by atoms with van der Waals surface area (Å²) in [4.78, 5) is 36.5. The molecule has 132 valence electrons. The number of carbonyl (C=O) groups excluding carboxylic acids is 3. The summed E-state index contributed by atoms with van der Waals surface area (Å²) in [6.07, 6.45) is 0.334. The van der Waals surface area contributed by atoms with Crippen molar-refractivity contribution in [2.24, 2.45) is 0 Å². The number of ether oxygens (including phenoxy) is 1. The van der Waals surface area contributed by atoms with Crippen molar-refractivity contribution in [1.29, 1.82) is 0 Å². The van der Waals surface area contributed by atoms with Crippen molar-refractivity contribution in [3.8, 4) is 0 Å². The van der Waals surface area contributed by atoms with Crippen LogP contribution in [0.2, 0.25) is 5.02 Å². The van der Waals surface area contributed by atoms with Crippen LogP contribution in [-0.2, 0) is 25.5 Å². The summed E-state index contributed by atoms with van der Waals surface area (Å²) in [5.74, 6) is -0.626. The fourth-order valence-electron chi connectivity index (χ4n) is 2.08. The predicted molar refractivity (Wildman–Crippen MR) is 91.7 cm³/mol. The maximum absolute atomic E-state index is 12.5. The molecule has 0 bridgehead atoms. The Morgan fingerprint density at radius 1 is 1.17 bits per heavy atom. The Kier molecular flexibility index (Phi) is 8.86. The van der Waals surface area contributed by atoms with Crippen molar-refractivity contribution >= 4 is 29.4 Å². The number of rotatable bonds is 9. The van der Waals surface area contributed by atoms with E-state index in [0.717, 1.165) is 5.56 Å². The number of hydrogen-bond acceptors (Lipinski definition) is 4. The molecule has 0 aromatic heterocycles. The zero-order valence-electron chi connectivity index (χ0n) is 14.0. The first kappa shape index (κ1) is 20.0. The molecule has 2 amide bonds. The van der Waals surface area contributed by atoms with Crippen LogP contribution in [0.4, 0.5) is 0 Å². The third kappa shape index (κ3) is 7.97. The average Bonchev–Trinajstić information content (AvgIpc) is 2.52. The summed E-state index contributed by atoms with van der Waals surface area (Å²) in [6.45, 7) is 4.39. The maximum Gasteiger partial charge on any atom is 0.307 e.